The van der Waals surface area contributed by atoms with Crippen molar-refractivity contribution >= 4 is 5.97 Å². The fourth-order valence-electron chi connectivity index (χ4n) is 1.59. The molecule has 88 valence electrons. The first-order valence-electron chi connectivity index (χ1n) is 5.07. The van der Waals surface area contributed by atoms with Crippen LogP contribution in [0.1, 0.15) is 5.69 Å². The van der Waals surface area contributed by atoms with E-state index < -0.39 is 5.97 Å². The number of carboxylic acids is 1. The van der Waals surface area contributed by atoms with Crippen LogP contribution >= 0.6 is 0 Å². The quantitative estimate of drug-likeness (QED) is 0.881. The lowest BCUT2D eigenvalue weighted by Crippen LogP contribution is -2.05. The van der Waals surface area contributed by atoms with Crippen LogP contribution in [0.15, 0.2) is 30.3 Å². The highest BCUT2D eigenvalue weighted by Gasteiger charge is 2.10. The van der Waals surface area contributed by atoms with Crippen LogP contribution in [0.5, 0.6) is 0 Å². The van der Waals surface area contributed by atoms with Crippen LogP contribution in [0.3, 0.4) is 0 Å². The topological polar surface area (TPSA) is 55.1 Å². The molecule has 0 atom stereocenters. The molecule has 4 nitrogen and oxygen atoms in total. The summed E-state index contributed by atoms with van der Waals surface area (Å²) in [5.41, 5.74) is 2.01. The van der Waals surface area contributed by atoms with Crippen LogP contribution in [0.2, 0.25) is 0 Å². The predicted octanol–water partition coefficient (Wildman–Crippen LogP) is 1.85. The largest absolute Gasteiger partial charge is 0.481 e. The molecular weight excluding hydrogens is 223 g/mol. The van der Waals surface area contributed by atoms with Crippen LogP contribution in [-0.4, -0.2) is 20.9 Å². The van der Waals surface area contributed by atoms with Crippen LogP contribution < -0.4 is 0 Å². The Morgan fingerprint density at radius 1 is 1.41 bits per heavy atom. The summed E-state index contributed by atoms with van der Waals surface area (Å²) in [7, 11) is 1.69. The second-order valence-electron chi connectivity index (χ2n) is 3.72. The van der Waals surface area contributed by atoms with Crippen molar-refractivity contribution in [3.05, 3.63) is 41.8 Å². The zero-order valence-corrected chi connectivity index (χ0v) is 9.22. The minimum Gasteiger partial charge on any atom is -0.481 e. The molecule has 0 radical (unpaired) electrons. The Morgan fingerprint density at radius 2 is 2.06 bits per heavy atom. The SMILES string of the molecule is Cn1nc(-c2ccc(F)cc2)cc1CC(=O)O. The minimum absolute atomic E-state index is 0.0787. The molecule has 0 aliphatic carbocycles. The van der Waals surface area contributed by atoms with Crippen LogP contribution in [0.4, 0.5) is 4.39 Å². The number of halogens is 1. The molecule has 0 spiro atoms. The third-order valence-corrected chi connectivity index (χ3v) is 2.45. The van der Waals surface area contributed by atoms with Gasteiger partial charge >= 0.3 is 5.97 Å². The summed E-state index contributed by atoms with van der Waals surface area (Å²) in [6.07, 6.45) is -0.0787. The normalized spacial score (nSPS) is 10.5. The summed E-state index contributed by atoms with van der Waals surface area (Å²) in [5, 5.41) is 12.9. The number of carbonyl (C=O) groups is 1. The number of nitrogens with zero attached hydrogens (tertiary/aromatic N) is 2. The van der Waals surface area contributed by atoms with Gasteiger partial charge in [-0.15, -0.1) is 0 Å². The fraction of sp³-hybridized carbons (Fsp3) is 0.167. The van der Waals surface area contributed by atoms with Gasteiger partial charge in [-0.25, -0.2) is 4.39 Å². The number of hydrogen-bond acceptors (Lipinski definition) is 2. The highest BCUT2D eigenvalue weighted by Crippen LogP contribution is 2.19. The molecule has 0 fully saturated rings. The van der Waals surface area contributed by atoms with Crippen LogP contribution in [0, 0.1) is 5.82 Å². The molecule has 0 saturated heterocycles. The molecule has 0 amide bonds. The van der Waals surface area contributed by atoms with E-state index in [9.17, 15) is 9.18 Å². The van der Waals surface area contributed by atoms with E-state index in [1.807, 2.05) is 0 Å². The van der Waals surface area contributed by atoms with E-state index in [-0.39, 0.29) is 12.2 Å². The van der Waals surface area contributed by atoms with Gasteiger partial charge in [-0.3, -0.25) is 9.48 Å². The molecule has 1 aromatic heterocycles. The summed E-state index contributed by atoms with van der Waals surface area (Å²) >= 11 is 0. The van der Waals surface area contributed by atoms with Crippen molar-refractivity contribution in [2.24, 2.45) is 7.05 Å². The lowest BCUT2D eigenvalue weighted by Gasteiger charge is -1.95. The zero-order valence-electron chi connectivity index (χ0n) is 9.22. The Kier molecular flexibility index (Phi) is 2.91. The molecule has 0 bridgehead atoms. The predicted molar refractivity (Wildman–Crippen MR) is 59.9 cm³/mol. The maximum atomic E-state index is 12.8. The van der Waals surface area contributed by atoms with Crippen molar-refractivity contribution in [2.45, 2.75) is 6.42 Å². The van der Waals surface area contributed by atoms with Gasteiger partial charge in [-0.1, -0.05) is 0 Å². The number of aromatic nitrogens is 2. The van der Waals surface area contributed by atoms with Crippen molar-refractivity contribution in [1.29, 1.82) is 0 Å². The maximum absolute atomic E-state index is 12.8. The monoisotopic (exact) mass is 234 g/mol. The van der Waals surface area contributed by atoms with E-state index in [0.29, 0.717) is 11.4 Å². The number of carboxylic acid groups (broad SMARTS) is 1. The molecular formula is C12H11FN2O2. The van der Waals surface area contributed by atoms with Crippen LogP contribution in [0.25, 0.3) is 11.3 Å². The molecule has 1 aromatic carbocycles. The van der Waals surface area contributed by atoms with Gasteiger partial charge in [0.1, 0.15) is 5.82 Å². The second kappa shape index (κ2) is 4.37. The highest BCUT2D eigenvalue weighted by molar-refractivity contribution is 5.70. The van der Waals surface area contributed by atoms with E-state index >= 15 is 0 Å². The molecule has 0 unspecified atom stereocenters. The highest BCUT2D eigenvalue weighted by atomic mass is 19.1. The van der Waals surface area contributed by atoms with Gasteiger partial charge in [0, 0.05) is 18.3 Å². The third-order valence-electron chi connectivity index (χ3n) is 2.45. The first kappa shape index (κ1) is 11.3. The molecule has 17 heavy (non-hydrogen) atoms. The van der Waals surface area contributed by atoms with Crippen molar-refractivity contribution in [3.8, 4) is 11.3 Å². The Balaban J connectivity index is 2.34. The Hall–Kier alpha value is -2.17. The molecule has 0 aliphatic rings. The van der Waals surface area contributed by atoms with E-state index in [1.165, 1.54) is 16.8 Å². The summed E-state index contributed by atoms with van der Waals surface area (Å²) < 4.78 is 14.3. The Morgan fingerprint density at radius 3 is 2.65 bits per heavy atom. The van der Waals surface area contributed by atoms with Gasteiger partial charge in [-0.05, 0) is 30.3 Å². The number of benzene rings is 1. The van der Waals surface area contributed by atoms with E-state index in [1.54, 1.807) is 25.2 Å². The summed E-state index contributed by atoms with van der Waals surface area (Å²) in [4.78, 5) is 10.6. The van der Waals surface area contributed by atoms with E-state index in [2.05, 4.69) is 5.10 Å². The molecule has 0 saturated carbocycles. The maximum Gasteiger partial charge on any atom is 0.309 e. The Labute approximate surface area is 97.3 Å². The lowest BCUT2D eigenvalue weighted by molar-refractivity contribution is -0.136. The average Bonchev–Trinajstić information content (AvgIpc) is 2.60. The van der Waals surface area contributed by atoms with Crippen LogP contribution in [-0.2, 0) is 18.3 Å². The number of aryl methyl sites for hydroxylation is 1. The molecule has 2 aromatic rings. The summed E-state index contributed by atoms with van der Waals surface area (Å²) in [6, 6.07) is 7.62. The number of hydrogen-bond donors (Lipinski definition) is 1. The van der Waals surface area contributed by atoms with Crippen molar-refractivity contribution in [3.63, 3.8) is 0 Å². The third kappa shape index (κ3) is 2.50. The van der Waals surface area contributed by atoms with Crippen molar-refractivity contribution < 1.29 is 14.3 Å². The molecule has 1 N–H and O–H groups in total. The minimum atomic E-state index is -0.904. The van der Waals surface area contributed by atoms with Gasteiger partial charge < -0.3 is 5.11 Å². The number of aliphatic carboxylic acids is 1. The molecule has 2 rings (SSSR count). The first-order valence-corrected chi connectivity index (χ1v) is 5.07. The number of rotatable bonds is 3. The summed E-state index contributed by atoms with van der Waals surface area (Å²) in [5.74, 6) is -1.21. The first-order chi connectivity index (χ1) is 8.06. The summed E-state index contributed by atoms with van der Waals surface area (Å²) in [6.45, 7) is 0. The fourth-order valence-corrected chi connectivity index (χ4v) is 1.59. The van der Waals surface area contributed by atoms with E-state index in [4.69, 9.17) is 5.11 Å². The van der Waals surface area contributed by atoms with E-state index in [0.717, 1.165) is 5.56 Å². The average molecular weight is 234 g/mol. The molecule has 5 heteroatoms. The van der Waals surface area contributed by atoms with Gasteiger partial charge in [0.15, 0.2) is 0 Å². The smallest absolute Gasteiger partial charge is 0.309 e. The van der Waals surface area contributed by atoms with Gasteiger partial charge in [0.25, 0.3) is 0 Å². The molecule has 1 heterocycles. The van der Waals surface area contributed by atoms with Gasteiger partial charge in [-0.2, -0.15) is 5.10 Å². The Bertz CT molecular complexity index is 546. The standard InChI is InChI=1S/C12H11FN2O2/c1-15-10(7-12(16)17)6-11(14-15)8-2-4-9(13)5-3-8/h2-6H,7H2,1H3,(H,16,17). The van der Waals surface area contributed by atoms with Crippen molar-refractivity contribution in [2.75, 3.05) is 0 Å². The van der Waals surface area contributed by atoms with Gasteiger partial charge in [0.2, 0.25) is 0 Å². The molecule has 0 aliphatic heterocycles. The second-order valence-corrected chi connectivity index (χ2v) is 3.72. The van der Waals surface area contributed by atoms with Gasteiger partial charge in [0.05, 0.1) is 12.1 Å². The lowest BCUT2D eigenvalue weighted by atomic mass is 10.1. The zero-order chi connectivity index (χ0) is 12.4. The van der Waals surface area contributed by atoms with Crippen molar-refractivity contribution in [1.82, 2.24) is 9.78 Å².